The van der Waals surface area contributed by atoms with Gasteiger partial charge in [-0.2, -0.15) is 0 Å². The van der Waals surface area contributed by atoms with E-state index in [1.165, 1.54) is 18.4 Å². The van der Waals surface area contributed by atoms with E-state index in [-0.39, 0.29) is 5.97 Å². The van der Waals surface area contributed by atoms with Crippen LogP contribution in [0.3, 0.4) is 0 Å². The first kappa shape index (κ1) is 13.9. The van der Waals surface area contributed by atoms with Crippen molar-refractivity contribution in [2.75, 3.05) is 13.7 Å². The lowest BCUT2D eigenvalue weighted by Crippen LogP contribution is -2.35. The molecule has 0 fully saturated rings. The van der Waals surface area contributed by atoms with Crippen LogP contribution in [0.15, 0.2) is 42.6 Å². The molecule has 1 atom stereocenters. The second kappa shape index (κ2) is 5.74. The minimum absolute atomic E-state index is 0.286. The molecule has 1 aliphatic heterocycles. The topological polar surface area (TPSA) is 34.5 Å². The SMILES string of the molecule is COC(=O)c1ccc(CN2CCn3cccc3C2C)cc1. The summed E-state index contributed by atoms with van der Waals surface area (Å²) in [7, 11) is 1.40. The van der Waals surface area contributed by atoms with Gasteiger partial charge in [0, 0.05) is 37.6 Å². The highest BCUT2D eigenvalue weighted by Gasteiger charge is 2.23. The molecule has 0 amide bonds. The Balaban J connectivity index is 1.71. The van der Waals surface area contributed by atoms with Crippen LogP contribution in [0.1, 0.15) is 34.6 Å². The zero-order valence-corrected chi connectivity index (χ0v) is 12.5. The third-order valence-electron chi connectivity index (χ3n) is 4.23. The molecule has 1 unspecified atom stereocenters. The number of hydrogen-bond acceptors (Lipinski definition) is 3. The fourth-order valence-electron chi connectivity index (χ4n) is 2.94. The lowest BCUT2D eigenvalue weighted by molar-refractivity contribution is 0.0600. The van der Waals surface area contributed by atoms with Gasteiger partial charge in [-0.25, -0.2) is 4.79 Å². The summed E-state index contributed by atoms with van der Waals surface area (Å²) in [6.07, 6.45) is 2.15. The van der Waals surface area contributed by atoms with Crippen molar-refractivity contribution in [2.45, 2.75) is 26.1 Å². The van der Waals surface area contributed by atoms with Gasteiger partial charge in [0.15, 0.2) is 0 Å². The van der Waals surface area contributed by atoms with Gasteiger partial charge in [0.25, 0.3) is 0 Å². The number of carbonyl (C=O) groups is 1. The van der Waals surface area contributed by atoms with Gasteiger partial charge in [0.05, 0.1) is 12.7 Å². The van der Waals surface area contributed by atoms with Crippen molar-refractivity contribution >= 4 is 5.97 Å². The number of rotatable bonds is 3. The third kappa shape index (κ3) is 2.72. The second-order valence-corrected chi connectivity index (χ2v) is 5.46. The summed E-state index contributed by atoms with van der Waals surface area (Å²) in [6, 6.07) is 12.4. The third-order valence-corrected chi connectivity index (χ3v) is 4.23. The van der Waals surface area contributed by atoms with Crippen LogP contribution < -0.4 is 0 Å². The number of aromatic nitrogens is 1. The molecule has 3 rings (SSSR count). The van der Waals surface area contributed by atoms with Crippen molar-refractivity contribution in [1.82, 2.24) is 9.47 Å². The molecule has 0 spiro atoms. The summed E-state index contributed by atoms with van der Waals surface area (Å²) < 4.78 is 7.04. The van der Waals surface area contributed by atoms with Crippen molar-refractivity contribution in [2.24, 2.45) is 0 Å². The fourth-order valence-corrected chi connectivity index (χ4v) is 2.94. The van der Waals surface area contributed by atoms with Crippen molar-refractivity contribution < 1.29 is 9.53 Å². The summed E-state index contributed by atoms with van der Waals surface area (Å²) in [5, 5.41) is 0. The Morgan fingerprint density at radius 3 is 2.71 bits per heavy atom. The molecule has 1 aliphatic rings. The van der Waals surface area contributed by atoms with Crippen molar-refractivity contribution in [3.63, 3.8) is 0 Å². The molecular formula is C17H20N2O2. The van der Waals surface area contributed by atoms with Crippen LogP contribution in [0.4, 0.5) is 0 Å². The summed E-state index contributed by atoms with van der Waals surface area (Å²) in [5.41, 5.74) is 3.18. The van der Waals surface area contributed by atoms with Crippen LogP contribution in [-0.2, 0) is 17.8 Å². The predicted molar refractivity (Wildman–Crippen MR) is 81.0 cm³/mol. The molecule has 110 valence electrons. The van der Waals surface area contributed by atoms with E-state index in [1.54, 1.807) is 0 Å². The molecule has 0 N–H and O–H groups in total. The van der Waals surface area contributed by atoms with Crippen LogP contribution in [-0.4, -0.2) is 29.1 Å². The molecule has 1 aromatic heterocycles. The zero-order valence-electron chi connectivity index (χ0n) is 12.5. The molecule has 1 aromatic carbocycles. The number of fused-ring (bicyclic) bond motifs is 1. The number of benzene rings is 1. The standard InChI is InChI=1S/C17H20N2O2/c1-13-16-4-3-9-18(16)10-11-19(13)12-14-5-7-15(8-6-14)17(20)21-2/h3-9,13H,10-12H2,1-2H3. The van der Waals surface area contributed by atoms with Gasteiger partial charge in [0.2, 0.25) is 0 Å². The van der Waals surface area contributed by atoms with Crippen molar-refractivity contribution in [3.8, 4) is 0 Å². The summed E-state index contributed by atoms with van der Waals surface area (Å²) in [4.78, 5) is 13.9. The molecule has 4 nitrogen and oxygen atoms in total. The minimum atomic E-state index is -0.286. The van der Waals surface area contributed by atoms with Gasteiger partial charge in [-0.3, -0.25) is 4.90 Å². The predicted octanol–water partition coefficient (Wildman–Crippen LogP) is 2.85. The monoisotopic (exact) mass is 284 g/mol. The number of hydrogen-bond donors (Lipinski definition) is 0. The normalized spacial score (nSPS) is 18.3. The molecule has 4 heteroatoms. The summed E-state index contributed by atoms with van der Waals surface area (Å²) >= 11 is 0. The van der Waals surface area contributed by atoms with Crippen LogP contribution in [0.25, 0.3) is 0 Å². The molecule has 2 aromatic rings. The van der Waals surface area contributed by atoms with Crippen LogP contribution in [0.5, 0.6) is 0 Å². The van der Waals surface area contributed by atoms with E-state index in [4.69, 9.17) is 4.74 Å². The maximum Gasteiger partial charge on any atom is 0.337 e. The first-order valence-electron chi connectivity index (χ1n) is 7.25. The Hall–Kier alpha value is -2.07. The Morgan fingerprint density at radius 2 is 2.00 bits per heavy atom. The first-order chi connectivity index (χ1) is 10.2. The maximum atomic E-state index is 11.4. The maximum absolute atomic E-state index is 11.4. The molecule has 0 bridgehead atoms. The van der Waals surface area contributed by atoms with E-state index in [0.717, 1.165) is 19.6 Å². The minimum Gasteiger partial charge on any atom is -0.465 e. The van der Waals surface area contributed by atoms with E-state index >= 15 is 0 Å². The fraction of sp³-hybridized carbons (Fsp3) is 0.353. The van der Waals surface area contributed by atoms with Gasteiger partial charge >= 0.3 is 5.97 Å². The lowest BCUT2D eigenvalue weighted by atomic mass is 10.1. The smallest absolute Gasteiger partial charge is 0.337 e. The van der Waals surface area contributed by atoms with Gasteiger partial charge in [0.1, 0.15) is 0 Å². The Kier molecular flexibility index (Phi) is 3.80. The first-order valence-corrected chi connectivity index (χ1v) is 7.25. The highest BCUT2D eigenvalue weighted by Crippen LogP contribution is 2.26. The average Bonchev–Trinajstić information content (AvgIpc) is 2.99. The van der Waals surface area contributed by atoms with Crippen molar-refractivity contribution in [1.29, 1.82) is 0 Å². The van der Waals surface area contributed by atoms with E-state index in [1.807, 2.05) is 24.3 Å². The molecule has 0 radical (unpaired) electrons. The Bertz CT molecular complexity index is 630. The van der Waals surface area contributed by atoms with Crippen LogP contribution in [0, 0.1) is 0 Å². The van der Waals surface area contributed by atoms with Crippen LogP contribution in [0.2, 0.25) is 0 Å². The van der Waals surface area contributed by atoms with E-state index in [9.17, 15) is 4.79 Å². The number of esters is 1. The molecule has 21 heavy (non-hydrogen) atoms. The van der Waals surface area contributed by atoms with Crippen LogP contribution >= 0.6 is 0 Å². The number of methoxy groups -OCH3 is 1. The largest absolute Gasteiger partial charge is 0.465 e. The average molecular weight is 284 g/mol. The molecular weight excluding hydrogens is 264 g/mol. The highest BCUT2D eigenvalue weighted by molar-refractivity contribution is 5.89. The number of nitrogens with zero attached hydrogens (tertiary/aromatic N) is 2. The Labute approximate surface area is 124 Å². The quantitative estimate of drug-likeness (QED) is 0.813. The van der Waals surface area contributed by atoms with E-state index in [2.05, 4.69) is 34.7 Å². The van der Waals surface area contributed by atoms with Crippen molar-refractivity contribution in [3.05, 3.63) is 59.4 Å². The Morgan fingerprint density at radius 1 is 1.24 bits per heavy atom. The van der Waals surface area contributed by atoms with E-state index in [0.29, 0.717) is 11.6 Å². The van der Waals surface area contributed by atoms with Gasteiger partial charge in [-0.05, 0) is 36.8 Å². The highest BCUT2D eigenvalue weighted by atomic mass is 16.5. The van der Waals surface area contributed by atoms with E-state index < -0.39 is 0 Å². The lowest BCUT2D eigenvalue weighted by Gasteiger charge is -2.34. The molecule has 2 heterocycles. The van der Waals surface area contributed by atoms with Gasteiger partial charge < -0.3 is 9.30 Å². The van der Waals surface area contributed by atoms with Gasteiger partial charge in [-0.15, -0.1) is 0 Å². The number of carbonyl (C=O) groups excluding carboxylic acids is 1. The second-order valence-electron chi connectivity index (χ2n) is 5.46. The van der Waals surface area contributed by atoms with Gasteiger partial charge in [-0.1, -0.05) is 12.1 Å². The summed E-state index contributed by atoms with van der Waals surface area (Å²) in [5.74, 6) is -0.286. The molecule has 0 saturated heterocycles. The zero-order chi connectivity index (χ0) is 14.8. The molecule has 0 saturated carbocycles. The number of ether oxygens (including phenoxy) is 1. The summed E-state index contributed by atoms with van der Waals surface area (Å²) in [6.45, 7) is 5.22. The molecule has 0 aliphatic carbocycles.